The first kappa shape index (κ1) is 28.7. The van der Waals surface area contributed by atoms with E-state index in [1.54, 1.807) is 54.3 Å². The van der Waals surface area contributed by atoms with Crippen molar-refractivity contribution in [1.29, 1.82) is 0 Å². The van der Waals surface area contributed by atoms with E-state index in [9.17, 15) is 14.0 Å². The van der Waals surface area contributed by atoms with Gasteiger partial charge in [0.25, 0.3) is 11.8 Å². The van der Waals surface area contributed by atoms with E-state index in [2.05, 4.69) is 10.2 Å². The minimum atomic E-state index is -0.529. The van der Waals surface area contributed by atoms with Gasteiger partial charge in [-0.3, -0.25) is 9.59 Å². The average Bonchev–Trinajstić information content (AvgIpc) is 3.24. The summed E-state index contributed by atoms with van der Waals surface area (Å²) in [5, 5.41) is 2.67. The van der Waals surface area contributed by atoms with Crippen LogP contribution in [-0.2, 0) is 13.0 Å². The standard InChI is InChI=1S/C35H28F2N4O3S/c1-21-7-4-10-25(37)32(21)39-34(42)29-19-22-15-16-41(27-12-5-9-24(36)31(27)33(22)45-29)35(43)26-11-6-14-30(38-26)40-17-18-44-28-13-3-2-8-23(28)20-40/h2-14,19H,15-18,20H2,1H3,(H,39,42). The Morgan fingerprint density at radius 3 is 2.58 bits per heavy atom. The van der Waals surface area contributed by atoms with E-state index in [1.165, 1.54) is 12.1 Å². The van der Waals surface area contributed by atoms with Gasteiger partial charge in [-0.15, -0.1) is 11.3 Å². The van der Waals surface area contributed by atoms with Crippen molar-refractivity contribution in [2.75, 3.05) is 34.8 Å². The van der Waals surface area contributed by atoms with E-state index in [4.69, 9.17) is 9.72 Å². The fourth-order valence-electron chi connectivity index (χ4n) is 5.81. The molecule has 10 heteroatoms. The molecule has 0 fully saturated rings. The van der Waals surface area contributed by atoms with Gasteiger partial charge in [0, 0.05) is 23.5 Å². The van der Waals surface area contributed by atoms with Crippen molar-refractivity contribution < 1.29 is 23.1 Å². The Hall–Kier alpha value is -5.09. The lowest BCUT2D eigenvalue weighted by molar-refractivity contribution is 0.0981. The van der Waals surface area contributed by atoms with Crippen molar-refractivity contribution in [2.45, 2.75) is 19.9 Å². The minimum absolute atomic E-state index is 0.112. The lowest BCUT2D eigenvalue weighted by atomic mass is 10.1. The average molecular weight is 623 g/mol. The number of fused-ring (bicyclic) bond motifs is 4. The molecule has 0 saturated heterocycles. The van der Waals surface area contributed by atoms with Crippen LogP contribution in [-0.4, -0.2) is 36.5 Å². The maximum atomic E-state index is 15.6. The zero-order chi connectivity index (χ0) is 31.1. The third-order valence-corrected chi connectivity index (χ3v) is 9.28. The monoisotopic (exact) mass is 622 g/mol. The molecule has 7 nitrogen and oxygen atoms in total. The summed E-state index contributed by atoms with van der Waals surface area (Å²) in [7, 11) is 0. The van der Waals surface area contributed by atoms with Crippen molar-refractivity contribution in [2.24, 2.45) is 0 Å². The number of amides is 2. The second-order valence-corrected chi connectivity index (χ2v) is 12.0. The van der Waals surface area contributed by atoms with E-state index in [0.29, 0.717) is 52.9 Å². The number of carbonyl (C=O) groups excluding carboxylic acids is 2. The molecule has 45 heavy (non-hydrogen) atoms. The molecule has 0 atom stereocenters. The molecule has 7 rings (SSSR count). The van der Waals surface area contributed by atoms with Crippen LogP contribution in [0.1, 0.15) is 36.9 Å². The van der Waals surface area contributed by atoms with Gasteiger partial charge in [-0.25, -0.2) is 13.8 Å². The van der Waals surface area contributed by atoms with Gasteiger partial charge in [0.05, 0.1) is 28.4 Å². The van der Waals surface area contributed by atoms with Crippen LogP contribution in [0.5, 0.6) is 5.75 Å². The molecule has 2 amide bonds. The number of anilines is 3. The number of nitrogens with zero attached hydrogens (tertiary/aromatic N) is 3. The first-order valence-electron chi connectivity index (χ1n) is 14.6. The smallest absolute Gasteiger partial charge is 0.276 e. The van der Waals surface area contributed by atoms with E-state index < -0.39 is 17.5 Å². The zero-order valence-corrected chi connectivity index (χ0v) is 25.2. The Morgan fingerprint density at radius 1 is 0.911 bits per heavy atom. The van der Waals surface area contributed by atoms with Gasteiger partial charge in [0.1, 0.15) is 35.5 Å². The topological polar surface area (TPSA) is 74.8 Å². The normalized spacial score (nSPS) is 13.9. The molecule has 0 radical (unpaired) electrons. The predicted molar refractivity (Wildman–Crippen MR) is 171 cm³/mol. The number of aryl methyl sites for hydroxylation is 1. The maximum absolute atomic E-state index is 15.6. The SMILES string of the molecule is Cc1cccc(F)c1NC(=O)c1cc2c(s1)-c1c(F)cccc1N(C(=O)c1cccc(N3CCOc4ccccc4C3)n1)CC2. The Balaban J connectivity index is 1.19. The number of thiophene rings is 1. The summed E-state index contributed by atoms with van der Waals surface area (Å²) < 4.78 is 35.9. The summed E-state index contributed by atoms with van der Waals surface area (Å²) in [5.41, 5.74) is 3.38. The largest absolute Gasteiger partial charge is 0.491 e. The molecule has 2 aliphatic rings. The molecule has 226 valence electrons. The summed E-state index contributed by atoms with van der Waals surface area (Å²) >= 11 is 1.13. The molecule has 4 heterocycles. The van der Waals surface area contributed by atoms with Crippen LogP contribution in [0.25, 0.3) is 10.4 Å². The third-order valence-electron chi connectivity index (χ3n) is 8.08. The third kappa shape index (κ3) is 5.42. The van der Waals surface area contributed by atoms with Gasteiger partial charge in [0.15, 0.2) is 0 Å². The second-order valence-electron chi connectivity index (χ2n) is 11.0. The van der Waals surface area contributed by atoms with Gasteiger partial charge in [-0.2, -0.15) is 0 Å². The number of aromatic nitrogens is 1. The van der Waals surface area contributed by atoms with Crippen molar-refractivity contribution >= 4 is 40.3 Å². The van der Waals surface area contributed by atoms with Crippen LogP contribution >= 0.6 is 11.3 Å². The van der Waals surface area contributed by atoms with Gasteiger partial charge < -0.3 is 19.9 Å². The maximum Gasteiger partial charge on any atom is 0.276 e. The van der Waals surface area contributed by atoms with Crippen molar-refractivity contribution in [3.05, 3.63) is 124 Å². The highest BCUT2D eigenvalue weighted by atomic mass is 32.1. The van der Waals surface area contributed by atoms with Gasteiger partial charge in [-0.1, -0.05) is 42.5 Å². The van der Waals surface area contributed by atoms with Crippen molar-refractivity contribution in [3.63, 3.8) is 0 Å². The fraction of sp³-hybridized carbons (Fsp3) is 0.171. The number of hydrogen-bond acceptors (Lipinski definition) is 6. The van der Waals surface area contributed by atoms with Crippen molar-refractivity contribution in [1.82, 2.24) is 4.98 Å². The van der Waals surface area contributed by atoms with E-state index in [0.717, 1.165) is 28.2 Å². The summed E-state index contributed by atoms with van der Waals surface area (Å²) in [6.07, 6.45) is 0.387. The van der Waals surface area contributed by atoms with E-state index in [-0.39, 0.29) is 29.4 Å². The Labute approximate surface area is 262 Å². The van der Waals surface area contributed by atoms with Gasteiger partial charge >= 0.3 is 0 Å². The van der Waals surface area contributed by atoms with Crippen LogP contribution in [0.4, 0.5) is 26.0 Å². The van der Waals surface area contributed by atoms with Crippen LogP contribution in [0.15, 0.2) is 84.9 Å². The number of pyridine rings is 1. The summed E-state index contributed by atoms with van der Waals surface area (Å²) in [6, 6.07) is 24.1. The number of rotatable bonds is 4. The molecule has 0 unspecified atom stereocenters. The number of hydrogen-bond donors (Lipinski definition) is 1. The lowest BCUT2D eigenvalue weighted by Crippen LogP contribution is -2.34. The number of halogens is 2. The Bertz CT molecular complexity index is 1940. The molecule has 0 aliphatic carbocycles. The van der Waals surface area contributed by atoms with Gasteiger partial charge in [0.2, 0.25) is 0 Å². The number of benzene rings is 3. The van der Waals surface area contributed by atoms with Crippen LogP contribution < -0.4 is 19.9 Å². The minimum Gasteiger partial charge on any atom is -0.491 e. The fourth-order valence-corrected chi connectivity index (χ4v) is 6.97. The summed E-state index contributed by atoms with van der Waals surface area (Å²) in [5.74, 6) is -0.370. The Morgan fingerprint density at radius 2 is 1.71 bits per heavy atom. The zero-order valence-electron chi connectivity index (χ0n) is 24.3. The van der Waals surface area contributed by atoms with Crippen LogP contribution in [0.3, 0.4) is 0 Å². The highest BCUT2D eigenvalue weighted by Crippen LogP contribution is 2.43. The molecule has 2 aliphatic heterocycles. The van der Waals surface area contributed by atoms with E-state index >= 15 is 4.39 Å². The van der Waals surface area contributed by atoms with Crippen molar-refractivity contribution in [3.8, 4) is 16.2 Å². The molecular formula is C35H28F2N4O3S. The number of para-hydroxylation sites is 2. The molecule has 0 saturated carbocycles. The van der Waals surface area contributed by atoms with Crippen LogP contribution in [0.2, 0.25) is 0 Å². The molecule has 3 aromatic carbocycles. The second kappa shape index (κ2) is 11.8. The molecule has 0 spiro atoms. The molecular weight excluding hydrogens is 594 g/mol. The molecule has 5 aromatic rings. The number of carbonyl (C=O) groups is 2. The predicted octanol–water partition coefficient (Wildman–Crippen LogP) is 7.25. The highest BCUT2D eigenvalue weighted by molar-refractivity contribution is 7.17. The molecule has 1 N–H and O–H groups in total. The summed E-state index contributed by atoms with van der Waals surface area (Å²) in [4.78, 5) is 36.5. The first-order chi connectivity index (χ1) is 21.9. The lowest BCUT2D eigenvalue weighted by Gasteiger charge is -2.24. The quantitative estimate of drug-likeness (QED) is 0.229. The molecule has 0 bridgehead atoms. The highest BCUT2D eigenvalue weighted by Gasteiger charge is 2.31. The number of ether oxygens (including phenoxy) is 1. The van der Waals surface area contributed by atoms with Gasteiger partial charge in [-0.05, 0) is 66.9 Å². The first-order valence-corrected chi connectivity index (χ1v) is 15.4. The van der Waals surface area contributed by atoms with Crippen LogP contribution in [0, 0.1) is 18.6 Å². The summed E-state index contributed by atoms with van der Waals surface area (Å²) in [6.45, 7) is 3.64. The molecule has 2 aromatic heterocycles. The number of nitrogens with one attached hydrogen (secondary N) is 1. The van der Waals surface area contributed by atoms with E-state index in [1.807, 2.05) is 30.3 Å². The Kier molecular flexibility index (Phi) is 7.50.